The minimum atomic E-state index is -0.594. The van der Waals surface area contributed by atoms with Gasteiger partial charge in [-0.3, -0.25) is 14.7 Å². The minimum absolute atomic E-state index is 0.438. The quantitative estimate of drug-likeness (QED) is 0.543. The number of rotatable bonds is 7. The molecule has 162 valence electrons. The first-order valence-electron chi connectivity index (χ1n) is 9.41. The molecule has 31 heavy (non-hydrogen) atoms. The SMILES string of the molecule is CNC(=O)NC(=O)C(C)Sc1nnc(-c2ccccc2OC)n1-c1ccc(OC)cc1. The summed E-state index contributed by atoms with van der Waals surface area (Å²) in [5.41, 5.74) is 1.54. The van der Waals surface area contributed by atoms with Crippen molar-refractivity contribution in [3.05, 3.63) is 48.5 Å². The fraction of sp³-hybridized carbons (Fsp3) is 0.238. The Balaban J connectivity index is 2.04. The van der Waals surface area contributed by atoms with Gasteiger partial charge in [0, 0.05) is 7.05 Å². The lowest BCUT2D eigenvalue weighted by Crippen LogP contribution is -2.41. The third-order valence-electron chi connectivity index (χ3n) is 4.43. The van der Waals surface area contributed by atoms with Gasteiger partial charge in [-0.2, -0.15) is 0 Å². The zero-order chi connectivity index (χ0) is 22.4. The highest BCUT2D eigenvalue weighted by Crippen LogP contribution is 2.34. The molecule has 0 radical (unpaired) electrons. The summed E-state index contributed by atoms with van der Waals surface area (Å²) in [5.74, 6) is 1.48. The molecule has 10 heteroatoms. The van der Waals surface area contributed by atoms with Gasteiger partial charge in [-0.05, 0) is 43.3 Å². The first kappa shape index (κ1) is 22.2. The number of ether oxygens (including phenoxy) is 2. The molecule has 3 rings (SSSR count). The number of aromatic nitrogens is 3. The highest BCUT2D eigenvalue weighted by Gasteiger charge is 2.24. The second-order valence-electron chi connectivity index (χ2n) is 6.37. The van der Waals surface area contributed by atoms with Crippen molar-refractivity contribution in [2.24, 2.45) is 0 Å². The molecule has 0 aliphatic carbocycles. The maximum atomic E-state index is 12.3. The van der Waals surface area contributed by atoms with Crippen molar-refractivity contribution >= 4 is 23.7 Å². The summed E-state index contributed by atoms with van der Waals surface area (Å²) in [4.78, 5) is 23.8. The predicted octanol–water partition coefficient (Wildman–Crippen LogP) is 2.89. The zero-order valence-electron chi connectivity index (χ0n) is 17.6. The lowest BCUT2D eigenvalue weighted by Gasteiger charge is -2.15. The number of carbonyl (C=O) groups is 2. The third-order valence-corrected chi connectivity index (χ3v) is 5.47. The molecule has 1 unspecified atom stereocenters. The van der Waals surface area contributed by atoms with Crippen molar-refractivity contribution in [1.29, 1.82) is 0 Å². The van der Waals surface area contributed by atoms with Crippen LogP contribution in [0.4, 0.5) is 4.79 Å². The van der Waals surface area contributed by atoms with E-state index in [2.05, 4.69) is 20.8 Å². The molecule has 1 aromatic heterocycles. The minimum Gasteiger partial charge on any atom is -0.497 e. The van der Waals surface area contributed by atoms with Gasteiger partial charge in [0.05, 0.1) is 30.7 Å². The number of urea groups is 1. The van der Waals surface area contributed by atoms with E-state index in [9.17, 15) is 9.59 Å². The van der Waals surface area contributed by atoms with Crippen molar-refractivity contribution in [3.63, 3.8) is 0 Å². The van der Waals surface area contributed by atoms with Crippen molar-refractivity contribution in [3.8, 4) is 28.6 Å². The van der Waals surface area contributed by atoms with Crippen molar-refractivity contribution in [1.82, 2.24) is 25.4 Å². The van der Waals surface area contributed by atoms with Gasteiger partial charge in [-0.25, -0.2) is 4.79 Å². The Bertz CT molecular complexity index is 1070. The van der Waals surface area contributed by atoms with Crippen molar-refractivity contribution in [2.45, 2.75) is 17.3 Å². The number of hydrogen-bond acceptors (Lipinski definition) is 7. The van der Waals surface area contributed by atoms with Gasteiger partial charge < -0.3 is 14.8 Å². The van der Waals surface area contributed by atoms with Crippen LogP contribution in [0.3, 0.4) is 0 Å². The molecule has 0 fully saturated rings. The summed E-state index contributed by atoms with van der Waals surface area (Å²) in [5, 5.41) is 13.2. The Morgan fingerprint density at radius 1 is 1.03 bits per heavy atom. The first-order valence-corrected chi connectivity index (χ1v) is 10.3. The van der Waals surface area contributed by atoms with Crippen LogP contribution in [0.1, 0.15) is 6.92 Å². The monoisotopic (exact) mass is 441 g/mol. The van der Waals surface area contributed by atoms with Crippen LogP contribution in [0.2, 0.25) is 0 Å². The molecule has 0 saturated carbocycles. The van der Waals surface area contributed by atoms with E-state index in [1.807, 2.05) is 53.1 Å². The van der Waals surface area contributed by atoms with E-state index >= 15 is 0 Å². The molecule has 2 aromatic carbocycles. The van der Waals surface area contributed by atoms with Crippen LogP contribution in [0, 0.1) is 0 Å². The number of thioether (sulfide) groups is 1. The summed E-state index contributed by atoms with van der Waals surface area (Å²) >= 11 is 1.19. The average molecular weight is 442 g/mol. The maximum Gasteiger partial charge on any atom is 0.321 e. The van der Waals surface area contributed by atoms with Crippen LogP contribution < -0.4 is 20.1 Å². The Morgan fingerprint density at radius 2 is 1.74 bits per heavy atom. The largest absolute Gasteiger partial charge is 0.497 e. The second kappa shape index (κ2) is 9.98. The summed E-state index contributed by atoms with van der Waals surface area (Å²) in [6, 6.07) is 14.3. The summed E-state index contributed by atoms with van der Waals surface area (Å²) in [6.45, 7) is 1.69. The van der Waals surface area contributed by atoms with Crippen LogP contribution in [0.15, 0.2) is 53.7 Å². The Kier molecular flexibility index (Phi) is 7.14. The number of carbonyl (C=O) groups excluding carboxylic acids is 2. The maximum absolute atomic E-state index is 12.3. The number of benzene rings is 2. The zero-order valence-corrected chi connectivity index (χ0v) is 18.4. The molecule has 2 N–H and O–H groups in total. The summed E-state index contributed by atoms with van der Waals surface area (Å²) < 4.78 is 12.6. The van der Waals surface area contributed by atoms with Gasteiger partial charge in [0.2, 0.25) is 5.91 Å². The highest BCUT2D eigenvalue weighted by atomic mass is 32.2. The number of nitrogens with zero attached hydrogens (tertiary/aromatic N) is 3. The fourth-order valence-corrected chi connectivity index (χ4v) is 3.67. The van der Waals surface area contributed by atoms with Crippen LogP contribution in [0.5, 0.6) is 11.5 Å². The number of nitrogens with one attached hydrogen (secondary N) is 2. The molecule has 0 bridgehead atoms. The van der Waals surface area contributed by atoms with Gasteiger partial charge in [-0.1, -0.05) is 23.9 Å². The normalized spacial score (nSPS) is 11.5. The average Bonchev–Trinajstić information content (AvgIpc) is 3.21. The van der Waals surface area contributed by atoms with Gasteiger partial charge in [0.15, 0.2) is 11.0 Å². The topological polar surface area (TPSA) is 107 Å². The molecule has 9 nitrogen and oxygen atoms in total. The standard InChI is InChI=1S/C21H23N5O4S/c1-13(19(27)23-20(28)22-2)31-21-25-24-18(16-7-5-6-8-17(16)30-4)26(21)14-9-11-15(29-3)12-10-14/h5-13H,1-4H3,(H2,22,23,27,28). The van der Waals surface area contributed by atoms with Crippen LogP contribution in [0.25, 0.3) is 17.1 Å². The molecule has 0 spiro atoms. The van der Waals surface area contributed by atoms with Crippen molar-refractivity contribution < 1.29 is 19.1 Å². The van der Waals surface area contributed by atoms with E-state index in [0.29, 0.717) is 22.5 Å². The number of amides is 3. The molecule has 3 aromatic rings. The van der Waals surface area contributed by atoms with Gasteiger partial charge in [0.1, 0.15) is 11.5 Å². The van der Waals surface area contributed by atoms with Crippen LogP contribution >= 0.6 is 11.8 Å². The second-order valence-corrected chi connectivity index (χ2v) is 7.68. The Hall–Kier alpha value is -3.53. The first-order chi connectivity index (χ1) is 15.0. The van der Waals surface area contributed by atoms with E-state index in [1.165, 1.54) is 18.8 Å². The molecule has 1 atom stereocenters. The molecule has 0 aliphatic heterocycles. The van der Waals surface area contributed by atoms with Gasteiger partial charge >= 0.3 is 6.03 Å². The smallest absolute Gasteiger partial charge is 0.321 e. The number of methoxy groups -OCH3 is 2. The Labute approximate surface area is 184 Å². The highest BCUT2D eigenvalue weighted by molar-refractivity contribution is 8.00. The molecule has 1 heterocycles. The van der Waals surface area contributed by atoms with E-state index in [1.54, 1.807) is 21.1 Å². The number of imide groups is 1. The van der Waals surface area contributed by atoms with E-state index in [-0.39, 0.29) is 0 Å². The lowest BCUT2D eigenvalue weighted by molar-refractivity contribution is -0.119. The molecule has 3 amide bonds. The van der Waals surface area contributed by atoms with Crippen LogP contribution in [-0.4, -0.2) is 53.2 Å². The fourth-order valence-electron chi connectivity index (χ4n) is 2.80. The number of hydrogen-bond donors (Lipinski definition) is 2. The van der Waals surface area contributed by atoms with Gasteiger partial charge in [-0.15, -0.1) is 10.2 Å². The molecule has 0 aliphatic rings. The van der Waals surface area contributed by atoms with E-state index in [0.717, 1.165) is 11.3 Å². The molecular formula is C21H23N5O4S. The summed E-state index contributed by atoms with van der Waals surface area (Å²) in [6.07, 6.45) is 0. The summed E-state index contributed by atoms with van der Waals surface area (Å²) in [7, 11) is 4.64. The number of para-hydroxylation sites is 1. The molecule has 0 saturated heterocycles. The third kappa shape index (κ3) is 4.97. The van der Waals surface area contributed by atoms with E-state index < -0.39 is 17.2 Å². The van der Waals surface area contributed by atoms with Crippen molar-refractivity contribution in [2.75, 3.05) is 21.3 Å². The van der Waals surface area contributed by atoms with Crippen LogP contribution in [-0.2, 0) is 4.79 Å². The lowest BCUT2D eigenvalue weighted by atomic mass is 10.2. The van der Waals surface area contributed by atoms with Gasteiger partial charge in [0.25, 0.3) is 0 Å². The van der Waals surface area contributed by atoms with E-state index in [4.69, 9.17) is 9.47 Å². The Morgan fingerprint density at radius 3 is 2.39 bits per heavy atom. The predicted molar refractivity (Wildman–Crippen MR) is 118 cm³/mol. The molecular weight excluding hydrogens is 418 g/mol.